The van der Waals surface area contributed by atoms with Crippen molar-refractivity contribution in [1.82, 2.24) is 9.21 Å². The quantitative estimate of drug-likeness (QED) is 0.748. The highest BCUT2D eigenvalue weighted by Crippen LogP contribution is 2.25. The van der Waals surface area contributed by atoms with E-state index in [1.807, 2.05) is 19.0 Å². The number of halogens is 2. The summed E-state index contributed by atoms with van der Waals surface area (Å²) in [6.07, 6.45) is 1.72. The van der Waals surface area contributed by atoms with Crippen molar-refractivity contribution in [1.29, 1.82) is 0 Å². The van der Waals surface area contributed by atoms with Gasteiger partial charge in [-0.25, -0.2) is 8.42 Å². The third-order valence-corrected chi connectivity index (χ3v) is 4.82. The van der Waals surface area contributed by atoms with Crippen LogP contribution < -0.4 is 5.32 Å². The molecule has 0 bridgehead atoms. The van der Waals surface area contributed by atoms with Crippen LogP contribution in [0.4, 0.5) is 5.69 Å². The van der Waals surface area contributed by atoms with Gasteiger partial charge in [0.25, 0.3) is 0 Å². The predicted molar refractivity (Wildman–Crippen MR) is 94.7 cm³/mol. The first-order valence-electron chi connectivity index (χ1n) is 6.94. The van der Waals surface area contributed by atoms with Gasteiger partial charge in [-0.1, -0.05) is 23.2 Å². The summed E-state index contributed by atoms with van der Waals surface area (Å²) in [4.78, 5) is 14.1. The van der Waals surface area contributed by atoms with Gasteiger partial charge < -0.3 is 10.2 Å². The third kappa shape index (κ3) is 7.50. The van der Waals surface area contributed by atoms with E-state index >= 15 is 0 Å². The summed E-state index contributed by atoms with van der Waals surface area (Å²) in [5.74, 6) is -0.468. The highest BCUT2D eigenvalue weighted by molar-refractivity contribution is 7.88. The summed E-state index contributed by atoms with van der Waals surface area (Å²) in [6, 6.07) is 4.67. The van der Waals surface area contributed by atoms with Gasteiger partial charge in [0.1, 0.15) is 0 Å². The highest BCUT2D eigenvalue weighted by Gasteiger charge is 2.20. The fraction of sp³-hybridized carbons (Fsp3) is 0.500. The van der Waals surface area contributed by atoms with Gasteiger partial charge in [-0.15, -0.1) is 0 Å². The molecule has 0 atom stereocenters. The molecule has 0 aliphatic rings. The van der Waals surface area contributed by atoms with Crippen LogP contribution in [0.5, 0.6) is 0 Å². The smallest absolute Gasteiger partial charge is 0.239 e. The van der Waals surface area contributed by atoms with Crippen LogP contribution in [0.25, 0.3) is 0 Å². The standard InChI is InChI=1S/C14H21Cl2N3O3S/c1-18(2)7-4-8-19(23(3,21)22)10-14(20)17-13-9-11(15)5-6-12(13)16/h5-6,9H,4,7-8,10H2,1-3H3,(H,17,20). The molecule has 1 rings (SSSR count). The lowest BCUT2D eigenvalue weighted by molar-refractivity contribution is -0.116. The van der Waals surface area contributed by atoms with Gasteiger partial charge in [-0.2, -0.15) is 4.31 Å². The fourth-order valence-electron chi connectivity index (χ4n) is 1.87. The number of benzene rings is 1. The Morgan fingerprint density at radius 2 is 1.87 bits per heavy atom. The molecule has 1 aromatic rings. The van der Waals surface area contributed by atoms with E-state index in [0.717, 1.165) is 17.1 Å². The Morgan fingerprint density at radius 3 is 2.43 bits per heavy atom. The average Bonchev–Trinajstić information content (AvgIpc) is 2.40. The van der Waals surface area contributed by atoms with Gasteiger partial charge in [0.05, 0.1) is 23.5 Å². The Balaban J connectivity index is 2.71. The van der Waals surface area contributed by atoms with Crippen molar-refractivity contribution in [3.8, 4) is 0 Å². The monoisotopic (exact) mass is 381 g/mol. The van der Waals surface area contributed by atoms with Crippen molar-refractivity contribution < 1.29 is 13.2 Å². The van der Waals surface area contributed by atoms with Crippen molar-refractivity contribution in [2.75, 3.05) is 45.3 Å². The van der Waals surface area contributed by atoms with Crippen LogP contribution in [0.2, 0.25) is 10.0 Å². The van der Waals surface area contributed by atoms with E-state index in [2.05, 4.69) is 5.32 Å². The second-order valence-corrected chi connectivity index (χ2v) is 8.25. The molecule has 0 spiro atoms. The maximum Gasteiger partial charge on any atom is 0.239 e. The number of anilines is 1. The molecule has 9 heteroatoms. The zero-order valence-corrected chi connectivity index (χ0v) is 15.7. The van der Waals surface area contributed by atoms with E-state index in [1.165, 1.54) is 6.07 Å². The zero-order chi connectivity index (χ0) is 17.6. The molecule has 6 nitrogen and oxygen atoms in total. The van der Waals surface area contributed by atoms with Crippen LogP contribution in [0, 0.1) is 0 Å². The average molecular weight is 382 g/mol. The molecule has 0 aromatic heterocycles. The largest absolute Gasteiger partial charge is 0.324 e. The van der Waals surface area contributed by atoms with Crippen LogP contribution >= 0.6 is 23.2 Å². The van der Waals surface area contributed by atoms with E-state index in [9.17, 15) is 13.2 Å². The molecule has 0 heterocycles. The Kier molecular flexibility index (Phi) is 7.76. The van der Waals surface area contributed by atoms with Crippen molar-refractivity contribution in [2.45, 2.75) is 6.42 Å². The molecule has 1 amide bonds. The van der Waals surface area contributed by atoms with Gasteiger partial charge in [0.2, 0.25) is 15.9 Å². The van der Waals surface area contributed by atoms with Crippen molar-refractivity contribution >= 4 is 44.8 Å². The molecular formula is C14H21Cl2N3O3S. The summed E-state index contributed by atoms with van der Waals surface area (Å²) in [7, 11) is 0.329. The molecule has 0 aliphatic heterocycles. The molecule has 0 fully saturated rings. The number of amides is 1. The molecule has 0 unspecified atom stereocenters. The first kappa shape index (κ1) is 20.2. The molecule has 0 radical (unpaired) electrons. The third-order valence-electron chi connectivity index (χ3n) is 3.00. The van der Waals surface area contributed by atoms with E-state index in [4.69, 9.17) is 23.2 Å². The van der Waals surface area contributed by atoms with Crippen molar-refractivity contribution in [2.24, 2.45) is 0 Å². The lowest BCUT2D eigenvalue weighted by Gasteiger charge is -2.20. The van der Waals surface area contributed by atoms with Gasteiger partial charge in [0.15, 0.2) is 0 Å². The first-order chi connectivity index (χ1) is 10.6. The molecule has 130 valence electrons. The van der Waals surface area contributed by atoms with Gasteiger partial charge in [-0.3, -0.25) is 4.79 Å². The number of hydrogen-bond donors (Lipinski definition) is 1. The normalized spacial score (nSPS) is 12.0. The fourth-order valence-corrected chi connectivity index (χ4v) is 3.02. The Morgan fingerprint density at radius 1 is 1.22 bits per heavy atom. The molecule has 0 saturated carbocycles. The number of nitrogens with one attached hydrogen (secondary N) is 1. The van der Waals surface area contributed by atoms with E-state index in [-0.39, 0.29) is 13.1 Å². The van der Waals surface area contributed by atoms with Gasteiger partial charge >= 0.3 is 0 Å². The predicted octanol–water partition coefficient (Wildman–Crippen LogP) is 2.15. The lowest BCUT2D eigenvalue weighted by Crippen LogP contribution is -2.38. The Labute approximate surface area is 147 Å². The topological polar surface area (TPSA) is 69.7 Å². The van der Waals surface area contributed by atoms with Crippen LogP contribution in [0.1, 0.15) is 6.42 Å². The van der Waals surface area contributed by atoms with Crippen molar-refractivity contribution in [3.63, 3.8) is 0 Å². The first-order valence-corrected chi connectivity index (χ1v) is 9.55. The maximum absolute atomic E-state index is 12.1. The Bertz CT molecular complexity index is 651. The molecule has 0 saturated heterocycles. The van der Waals surface area contributed by atoms with Gasteiger partial charge in [-0.05, 0) is 45.3 Å². The zero-order valence-electron chi connectivity index (χ0n) is 13.3. The highest BCUT2D eigenvalue weighted by atomic mass is 35.5. The number of hydrogen-bond acceptors (Lipinski definition) is 4. The minimum absolute atomic E-state index is 0.269. The molecule has 0 aliphatic carbocycles. The summed E-state index contributed by atoms with van der Waals surface area (Å²) in [6.45, 7) is 0.733. The Hall–Kier alpha value is -0.860. The van der Waals surface area contributed by atoms with Crippen LogP contribution in [-0.2, 0) is 14.8 Å². The van der Waals surface area contributed by atoms with E-state index < -0.39 is 15.9 Å². The van der Waals surface area contributed by atoms with Crippen LogP contribution in [-0.4, -0.2) is 63.5 Å². The number of nitrogens with zero attached hydrogens (tertiary/aromatic N) is 2. The van der Waals surface area contributed by atoms with Crippen LogP contribution in [0.15, 0.2) is 18.2 Å². The SMILES string of the molecule is CN(C)CCCN(CC(=O)Nc1cc(Cl)ccc1Cl)S(C)(=O)=O. The summed E-state index contributed by atoms with van der Waals surface area (Å²) in [5, 5.41) is 3.34. The summed E-state index contributed by atoms with van der Waals surface area (Å²) < 4.78 is 24.7. The molecular weight excluding hydrogens is 361 g/mol. The van der Waals surface area contributed by atoms with E-state index in [0.29, 0.717) is 22.2 Å². The molecule has 1 N–H and O–H groups in total. The van der Waals surface area contributed by atoms with Crippen molar-refractivity contribution in [3.05, 3.63) is 28.2 Å². The van der Waals surface area contributed by atoms with E-state index in [1.54, 1.807) is 12.1 Å². The second-order valence-electron chi connectivity index (χ2n) is 5.43. The summed E-state index contributed by atoms with van der Waals surface area (Å²) in [5.41, 5.74) is 0.353. The maximum atomic E-state index is 12.1. The number of rotatable bonds is 8. The molecule has 23 heavy (non-hydrogen) atoms. The molecule has 1 aromatic carbocycles. The minimum Gasteiger partial charge on any atom is -0.324 e. The number of carbonyl (C=O) groups excluding carboxylic acids is 1. The minimum atomic E-state index is -3.47. The number of carbonyl (C=O) groups is 1. The number of sulfonamides is 1. The second kappa shape index (κ2) is 8.84. The lowest BCUT2D eigenvalue weighted by atomic mass is 10.3. The van der Waals surface area contributed by atoms with Crippen LogP contribution in [0.3, 0.4) is 0 Å². The van der Waals surface area contributed by atoms with Gasteiger partial charge in [0, 0.05) is 11.6 Å². The summed E-state index contributed by atoms with van der Waals surface area (Å²) >= 11 is 11.8.